The molecule has 1 aliphatic rings. The van der Waals surface area contributed by atoms with Crippen molar-refractivity contribution in [2.75, 3.05) is 0 Å². The van der Waals surface area contributed by atoms with Crippen LogP contribution in [-0.4, -0.2) is 4.57 Å². The molecule has 41 heavy (non-hydrogen) atoms. The van der Waals surface area contributed by atoms with Gasteiger partial charge in [-0.1, -0.05) is 109 Å². The molecule has 0 fully saturated rings. The second-order valence-electron chi connectivity index (χ2n) is 11.1. The highest BCUT2D eigenvalue weighted by atomic mass is 16.5. The van der Waals surface area contributed by atoms with Gasteiger partial charge < -0.3 is 9.30 Å². The van der Waals surface area contributed by atoms with Crippen LogP contribution in [0.3, 0.4) is 0 Å². The number of aromatic nitrogens is 1. The number of nitrogens with zero attached hydrogens (tertiary/aromatic N) is 1. The minimum Gasteiger partial charge on any atom is -0.472 e. The molecule has 8 rings (SSSR count). The molecule has 0 amide bonds. The summed E-state index contributed by atoms with van der Waals surface area (Å²) < 4.78 is 9.78. The summed E-state index contributed by atoms with van der Waals surface area (Å²) in [5.41, 5.74) is 8.61. The van der Waals surface area contributed by atoms with Crippen LogP contribution in [0.5, 0.6) is 5.75 Å². The molecule has 0 unspecified atom stereocenters. The van der Waals surface area contributed by atoms with Crippen LogP contribution in [0.2, 0.25) is 0 Å². The zero-order chi connectivity index (χ0) is 27.6. The number of ether oxygens (including phenoxy) is 1. The second kappa shape index (κ2) is 8.97. The van der Waals surface area contributed by atoms with Gasteiger partial charge in [0.25, 0.3) is 0 Å². The van der Waals surface area contributed by atoms with Gasteiger partial charge in [-0.25, -0.2) is 0 Å². The van der Waals surface area contributed by atoms with Crippen molar-refractivity contribution in [3.63, 3.8) is 0 Å². The SMILES string of the molecule is Cc1cc(C)cc(-n2c3ccccc3c3c4ccccc4c4c(c32)C=CC(c2ccccc2)(c2ccccc2)O4)c1. The fourth-order valence-electron chi connectivity index (χ4n) is 6.78. The van der Waals surface area contributed by atoms with Crippen molar-refractivity contribution in [1.82, 2.24) is 4.57 Å². The van der Waals surface area contributed by atoms with Gasteiger partial charge in [0.2, 0.25) is 0 Å². The molecule has 0 N–H and O–H groups in total. The Morgan fingerprint density at radius 3 is 1.80 bits per heavy atom. The Kier molecular flexibility index (Phi) is 5.20. The van der Waals surface area contributed by atoms with Crippen LogP contribution in [0.15, 0.2) is 133 Å². The monoisotopic (exact) mass is 527 g/mol. The van der Waals surface area contributed by atoms with Crippen LogP contribution in [0.25, 0.3) is 44.3 Å². The van der Waals surface area contributed by atoms with Gasteiger partial charge in [-0.15, -0.1) is 0 Å². The lowest BCUT2D eigenvalue weighted by molar-refractivity contribution is 0.164. The first-order valence-electron chi connectivity index (χ1n) is 14.2. The van der Waals surface area contributed by atoms with Crippen molar-refractivity contribution in [2.24, 2.45) is 0 Å². The molecule has 196 valence electrons. The number of hydrogen-bond donors (Lipinski definition) is 0. The van der Waals surface area contributed by atoms with Crippen LogP contribution in [-0.2, 0) is 5.60 Å². The Balaban J connectivity index is 1.54. The van der Waals surface area contributed by atoms with Gasteiger partial charge in [0.05, 0.1) is 11.0 Å². The van der Waals surface area contributed by atoms with Gasteiger partial charge in [-0.2, -0.15) is 0 Å². The van der Waals surface area contributed by atoms with Crippen molar-refractivity contribution in [3.8, 4) is 11.4 Å². The maximum absolute atomic E-state index is 7.35. The van der Waals surface area contributed by atoms with E-state index in [0.717, 1.165) is 27.8 Å². The molecule has 0 saturated carbocycles. The highest BCUT2D eigenvalue weighted by Gasteiger charge is 2.38. The average molecular weight is 528 g/mol. The third-order valence-electron chi connectivity index (χ3n) is 8.43. The first-order chi connectivity index (χ1) is 20.1. The summed E-state index contributed by atoms with van der Waals surface area (Å²) in [5, 5.41) is 4.83. The molecule has 0 bridgehead atoms. The molecule has 0 radical (unpaired) electrons. The first-order valence-corrected chi connectivity index (χ1v) is 14.2. The highest BCUT2D eigenvalue weighted by molar-refractivity contribution is 6.25. The summed E-state index contributed by atoms with van der Waals surface area (Å²) in [7, 11) is 0. The molecular weight excluding hydrogens is 498 g/mol. The van der Waals surface area contributed by atoms with Gasteiger partial charge >= 0.3 is 0 Å². The third-order valence-corrected chi connectivity index (χ3v) is 8.43. The number of benzene rings is 6. The molecular formula is C39H29NO. The maximum atomic E-state index is 7.35. The minimum absolute atomic E-state index is 0.747. The zero-order valence-electron chi connectivity index (χ0n) is 23.1. The predicted octanol–water partition coefficient (Wildman–Crippen LogP) is 9.90. The molecule has 1 aromatic heterocycles. The second-order valence-corrected chi connectivity index (χ2v) is 11.1. The van der Waals surface area contributed by atoms with E-state index in [4.69, 9.17) is 4.74 Å². The summed E-state index contributed by atoms with van der Waals surface area (Å²) in [4.78, 5) is 0. The molecule has 1 aliphatic heterocycles. The summed E-state index contributed by atoms with van der Waals surface area (Å²) >= 11 is 0. The van der Waals surface area contributed by atoms with Crippen molar-refractivity contribution >= 4 is 38.7 Å². The quantitative estimate of drug-likeness (QED) is 0.223. The van der Waals surface area contributed by atoms with Gasteiger partial charge in [-0.05, 0) is 60.7 Å². The predicted molar refractivity (Wildman–Crippen MR) is 171 cm³/mol. The first kappa shape index (κ1) is 23.8. The van der Waals surface area contributed by atoms with Crippen molar-refractivity contribution < 1.29 is 4.74 Å². The van der Waals surface area contributed by atoms with E-state index in [1.807, 2.05) is 0 Å². The molecule has 2 heterocycles. The van der Waals surface area contributed by atoms with Gasteiger partial charge in [0.1, 0.15) is 5.75 Å². The molecule has 2 heteroatoms. The largest absolute Gasteiger partial charge is 0.472 e. The van der Waals surface area contributed by atoms with Crippen molar-refractivity contribution in [3.05, 3.63) is 161 Å². The smallest absolute Gasteiger partial charge is 0.178 e. The zero-order valence-corrected chi connectivity index (χ0v) is 23.1. The van der Waals surface area contributed by atoms with E-state index in [1.54, 1.807) is 0 Å². The number of aryl methyl sites for hydroxylation is 2. The number of rotatable bonds is 3. The topological polar surface area (TPSA) is 14.2 Å². The lowest BCUT2D eigenvalue weighted by Gasteiger charge is -2.37. The standard InChI is InChI=1S/C39H29NO/c1-26-23-27(2)25-30(24-26)40-35-20-12-11-19-33(35)36-31-17-9-10-18-32(31)38-34(37(36)40)21-22-39(41-38,28-13-5-3-6-14-28)29-15-7-4-8-16-29/h3-25H,1-2H3. The van der Waals surface area contributed by atoms with Gasteiger partial charge in [-0.3, -0.25) is 0 Å². The number of hydrogen-bond acceptors (Lipinski definition) is 1. The van der Waals surface area contributed by atoms with Crippen LogP contribution < -0.4 is 4.74 Å². The fourth-order valence-corrected chi connectivity index (χ4v) is 6.78. The molecule has 6 aromatic carbocycles. The summed E-state index contributed by atoms with van der Waals surface area (Å²) in [5.74, 6) is 0.914. The van der Waals surface area contributed by atoms with E-state index in [2.05, 4.69) is 158 Å². The summed E-state index contributed by atoms with van der Waals surface area (Å²) in [6.45, 7) is 4.35. The lowest BCUT2D eigenvalue weighted by atomic mass is 9.83. The molecule has 0 saturated heterocycles. The Labute approximate surface area is 239 Å². The Morgan fingerprint density at radius 2 is 1.15 bits per heavy atom. The van der Waals surface area contributed by atoms with Crippen LogP contribution in [0.4, 0.5) is 0 Å². The van der Waals surface area contributed by atoms with E-state index in [-0.39, 0.29) is 0 Å². The Morgan fingerprint density at radius 1 is 0.585 bits per heavy atom. The maximum Gasteiger partial charge on any atom is 0.178 e. The van der Waals surface area contributed by atoms with Crippen molar-refractivity contribution in [2.45, 2.75) is 19.4 Å². The average Bonchev–Trinajstić information content (AvgIpc) is 3.37. The van der Waals surface area contributed by atoms with E-state index in [0.29, 0.717) is 0 Å². The molecule has 0 atom stereocenters. The molecule has 2 nitrogen and oxygen atoms in total. The molecule has 0 aliphatic carbocycles. The van der Waals surface area contributed by atoms with Crippen LogP contribution >= 0.6 is 0 Å². The van der Waals surface area contributed by atoms with Crippen molar-refractivity contribution in [1.29, 1.82) is 0 Å². The van der Waals surface area contributed by atoms with E-state index in [1.165, 1.54) is 44.0 Å². The van der Waals surface area contributed by atoms with Crippen LogP contribution in [0.1, 0.15) is 27.8 Å². The lowest BCUT2D eigenvalue weighted by Crippen LogP contribution is -2.34. The number of para-hydroxylation sites is 1. The Hall–Kier alpha value is -5.08. The van der Waals surface area contributed by atoms with E-state index in [9.17, 15) is 0 Å². The third kappa shape index (κ3) is 3.50. The van der Waals surface area contributed by atoms with Crippen LogP contribution in [0, 0.1) is 13.8 Å². The van der Waals surface area contributed by atoms with E-state index < -0.39 is 5.60 Å². The van der Waals surface area contributed by atoms with Gasteiger partial charge in [0.15, 0.2) is 5.60 Å². The Bertz CT molecular complexity index is 2070. The van der Waals surface area contributed by atoms with E-state index >= 15 is 0 Å². The summed E-state index contributed by atoms with van der Waals surface area (Å²) in [6, 6.07) is 45.4. The summed E-state index contributed by atoms with van der Waals surface area (Å²) in [6.07, 6.45) is 4.54. The normalized spacial score (nSPS) is 13.9. The van der Waals surface area contributed by atoms with Gasteiger partial charge in [0, 0.05) is 38.5 Å². The number of fused-ring (bicyclic) bond motifs is 8. The fraction of sp³-hybridized carbons (Fsp3) is 0.0769. The minimum atomic E-state index is -0.747. The molecule has 0 spiro atoms. The highest BCUT2D eigenvalue weighted by Crippen LogP contribution is 2.50. The molecule has 7 aromatic rings.